The molecular formula is C13H14O3S. The van der Waals surface area contributed by atoms with Crippen molar-refractivity contribution in [1.82, 2.24) is 0 Å². The second kappa shape index (κ2) is 4.84. The average molecular weight is 250 g/mol. The fraction of sp³-hybridized carbons (Fsp3) is 0.308. The number of hydrogen-bond acceptors (Lipinski definition) is 3. The van der Waals surface area contributed by atoms with Crippen LogP contribution < -0.4 is 0 Å². The van der Waals surface area contributed by atoms with E-state index in [-0.39, 0.29) is 0 Å². The highest BCUT2D eigenvalue weighted by atomic mass is 32.2. The SMILES string of the molecule is CC(C)SCc1cc2c(C(=O)O)cccc2o1. The molecule has 1 heterocycles. The maximum absolute atomic E-state index is 11.0. The van der Waals surface area contributed by atoms with Crippen LogP contribution in [0.2, 0.25) is 0 Å². The monoisotopic (exact) mass is 250 g/mol. The van der Waals surface area contributed by atoms with Crippen LogP contribution in [-0.2, 0) is 5.75 Å². The summed E-state index contributed by atoms with van der Waals surface area (Å²) in [5.41, 5.74) is 0.941. The standard InChI is InChI=1S/C13H14O3S/c1-8(2)17-7-9-6-11-10(13(14)15)4-3-5-12(11)16-9/h3-6,8H,7H2,1-2H3,(H,14,15). The quantitative estimate of drug-likeness (QED) is 0.897. The molecule has 0 atom stereocenters. The van der Waals surface area contributed by atoms with Crippen molar-refractivity contribution in [1.29, 1.82) is 0 Å². The van der Waals surface area contributed by atoms with Gasteiger partial charge in [-0.15, -0.1) is 0 Å². The summed E-state index contributed by atoms with van der Waals surface area (Å²) < 4.78 is 5.63. The number of fused-ring (bicyclic) bond motifs is 1. The predicted octanol–water partition coefficient (Wildman–Crippen LogP) is 3.77. The largest absolute Gasteiger partial charge is 0.478 e. The number of carboxylic acids is 1. The van der Waals surface area contributed by atoms with Crippen molar-refractivity contribution in [3.8, 4) is 0 Å². The first-order valence-corrected chi connectivity index (χ1v) is 6.49. The number of rotatable bonds is 4. The Labute approximate surface area is 104 Å². The molecule has 3 nitrogen and oxygen atoms in total. The molecule has 0 aliphatic heterocycles. The number of thioether (sulfide) groups is 1. The normalized spacial score (nSPS) is 11.2. The third-order valence-corrected chi connectivity index (χ3v) is 3.52. The van der Waals surface area contributed by atoms with Gasteiger partial charge in [-0.3, -0.25) is 0 Å². The van der Waals surface area contributed by atoms with Crippen LogP contribution in [0, 0.1) is 0 Å². The van der Waals surface area contributed by atoms with E-state index in [4.69, 9.17) is 9.52 Å². The summed E-state index contributed by atoms with van der Waals surface area (Å²) in [6, 6.07) is 6.92. The molecule has 2 aromatic rings. The Morgan fingerprint density at radius 1 is 1.47 bits per heavy atom. The Balaban J connectivity index is 2.36. The van der Waals surface area contributed by atoms with Crippen LogP contribution >= 0.6 is 11.8 Å². The van der Waals surface area contributed by atoms with Crippen LogP contribution in [-0.4, -0.2) is 16.3 Å². The molecule has 4 heteroatoms. The third-order valence-electron chi connectivity index (χ3n) is 2.40. The first-order chi connectivity index (χ1) is 8.08. The minimum Gasteiger partial charge on any atom is -0.478 e. The van der Waals surface area contributed by atoms with E-state index in [2.05, 4.69) is 13.8 Å². The number of aromatic carboxylic acids is 1. The first kappa shape index (κ1) is 12.0. The minimum atomic E-state index is -0.917. The Morgan fingerprint density at radius 3 is 2.88 bits per heavy atom. The molecule has 0 bridgehead atoms. The zero-order valence-corrected chi connectivity index (χ0v) is 10.6. The molecule has 0 amide bonds. The zero-order valence-electron chi connectivity index (χ0n) is 9.77. The molecule has 1 N–H and O–H groups in total. The smallest absolute Gasteiger partial charge is 0.336 e. The van der Waals surface area contributed by atoms with Crippen molar-refractivity contribution >= 4 is 28.7 Å². The van der Waals surface area contributed by atoms with Crippen LogP contribution in [0.3, 0.4) is 0 Å². The lowest BCUT2D eigenvalue weighted by atomic mass is 10.1. The lowest BCUT2D eigenvalue weighted by Gasteiger charge is -2.00. The van der Waals surface area contributed by atoms with E-state index in [9.17, 15) is 4.79 Å². The Hall–Kier alpha value is -1.42. The number of carboxylic acid groups (broad SMARTS) is 1. The van der Waals surface area contributed by atoms with Crippen LogP contribution in [0.1, 0.15) is 30.0 Å². The zero-order chi connectivity index (χ0) is 12.4. The molecule has 1 aromatic carbocycles. The topological polar surface area (TPSA) is 50.4 Å². The van der Waals surface area contributed by atoms with E-state index >= 15 is 0 Å². The molecule has 0 saturated heterocycles. The number of carbonyl (C=O) groups is 1. The lowest BCUT2D eigenvalue weighted by Crippen LogP contribution is -1.95. The molecule has 17 heavy (non-hydrogen) atoms. The van der Waals surface area contributed by atoms with Crippen molar-refractivity contribution in [3.63, 3.8) is 0 Å². The number of hydrogen-bond donors (Lipinski definition) is 1. The number of furan rings is 1. The highest BCUT2D eigenvalue weighted by molar-refractivity contribution is 7.99. The molecule has 0 aliphatic carbocycles. The van der Waals surface area contributed by atoms with E-state index in [1.165, 1.54) is 0 Å². The van der Waals surface area contributed by atoms with E-state index in [0.29, 0.717) is 21.8 Å². The Bertz CT molecular complexity index is 543. The van der Waals surface area contributed by atoms with Crippen molar-refractivity contribution in [2.24, 2.45) is 0 Å². The second-order valence-electron chi connectivity index (χ2n) is 4.10. The summed E-state index contributed by atoms with van der Waals surface area (Å²) in [7, 11) is 0. The van der Waals surface area contributed by atoms with Gasteiger partial charge in [-0.1, -0.05) is 19.9 Å². The summed E-state index contributed by atoms with van der Waals surface area (Å²) in [6.45, 7) is 4.24. The average Bonchev–Trinajstić information content (AvgIpc) is 2.68. The maximum Gasteiger partial charge on any atom is 0.336 e. The van der Waals surface area contributed by atoms with Crippen LogP contribution in [0.25, 0.3) is 11.0 Å². The molecule has 0 saturated carbocycles. The summed E-state index contributed by atoms with van der Waals surface area (Å²) >= 11 is 1.77. The molecule has 0 radical (unpaired) electrons. The Morgan fingerprint density at radius 2 is 2.24 bits per heavy atom. The van der Waals surface area contributed by atoms with Gasteiger partial charge in [0.15, 0.2) is 0 Å². The third kappa shape index (κ3) is 2.64. The Kier molecular flexibility index (Phi) is 3.43. The van der Waals surface area contributed by atoms with Crippen LogP contribution in [0.5, 0.6) is 0 Å². The number of benzene rings is 1. The molecule has 0 spiro atoms. The van der Waals surface area contributed by atoms with Gasteiger partial charge in [-0.25, -0.2) is 4.79 Å². The van der Waals surface area contributed by atoms with E-state index in [0.717, 1.165) is 11.5 Å². The van der Waals surface area contributed by atoms with Crippen molar-refractivity contribution in [2.45, 2.75) is 24.9 Å². The molecule has 2 rings (SSSR count). The van der Waals surface area contributed by atoms with Crippen molar-refractivity contribution in [2.75, 3.05) is 0 Å². The maximum atomic E-state index is 11.0. The molecule has 90 valence electrons. The lowest BCUT2D eigenvalue weighted by molar-refractivity contribution is 0.0699. The van der Waals surface area contributed by atoms with Crippen LogP contribution in [0.4, 0.5) is 0 Å². The van der Waals surface area contributed by atoms with Gasteiger partial charge in [-0.2, -0.15) is 11.8 Å². The molecule has 0 fully saturated rings. The van der Waals surface area contributed by atoms with Gasteiger partial charge in [0.1, 0.15) is 11.3 Å². The molecule has 0 aliphatic rings. The van der Waals surface area contributed by atoms with Crippen molar-refractivity contribution < 1.29 is 14.3 Å². The van der Waals surface area contributed by atoms with Gasteiger partial charge < -0.3 is 9.52 Å². The fourth-order valence-corrected chi connectivity index (χ4v) is 2.26. The molecular weight excluding hydrogens is 236 g/mol. The van der Waals surface area contributed by atoms with Gasteiger partial charge in [-0.05, 0) is 23.4 Å². The molecule has 0 unspecified atom stereocenters. The minimum absolute atomic E-state index is 0.298. The van der Waals surface area contributed by atoms with Crippen LogP contribution in [0.15, 0.2) is 28.7 Å². The highest BCUT2D eigenvalue weighted by Crippen LogP contribution is 2.26. The van der Waals surface area contributed by atoms with Gasteiger partial charge in [0.05, 0.1) is 11.3 Å². The summed E-state index contributed by atoms with van der Waals surface area (Å²) in [5, 5.41) is 10.3. The highest BCUT2D eigenvalue weighted by Gasteiger charge is 2.12. The first-order valence-electron chi connectivity index (χ1n) is 5.44. The fourth-order valence-electron chi connectivity index (χ4n) is 1.62. The predicted molar refractivity (Wildman–Crippen MR) is 69.6 cm³/mol. The van der Waals surface area contributed by atoms with E-state index in [1.54, 1.807) is 30.0 Å². The summed E-state index contributed by atoms with van der Waals surface area (Å²) in [6.07, 6.45) is 0. The molecule has 1 aromatic heterocycles. The van der Waals surface area contributed by atoms with Gasteiger partial charge >= 0.3 is 5.97 Å². The van der Waals surface area contributed by atoms with Gasteiger partial charge in [0.2, 0.25) is 0 Å². The summed E-state index contributed by atoms with van der Waals surface area (Å²) in [4.78, 5) is 11.0. The second-order valence-corrected chi connectivity index (χ2v) is 5.66. The van der Waals surface area contributed by atoms with E-state index < -0.39 is 5.97 Å². The summed E-state index contributed by atoms with van der Waals surface area (Å²) in [5.74, 6) is 0.678. The van der Waals surface area contributed by atoms with Gasteiger partial charge in [0, 0.05) is 5.39 Å². The van der Waals surface area contributed by atoms with Crippen molar-refractivity contribution in [3.05, 3.63) is 35.6 Å². The van der Waals surface area contributed by atoms with Gasteiger partial charge in [0.25, 0.3) is 0 Å². The van der Waals surface area contributed by atoms with E-state index in [1.807, 2.05) is 6.07 Å².